The Morgan fingerprint density at radius 1 is 1.09 bits per heavy atom. The summed E-state index contributed by atoms with van der Waals surface area (Å²) in [5, 5.41) is 2.74. The fourth-order valence-electron chi connectivity index (χ4n) is 2.12. The molecule has 120 valence electrons. The van der Waals surface area contributed by atoms with Gasteiger partial charge in [0, 0.05) is 13.4 Å². The molecule has 0 bridgehead atoms. The summed E-state index contributed by atoms with van der Waals surface area (Å²) < 4.78 is 5.09. The summed E-state index contributed by atoms with van der Waals surface area (Å²) in [4.78, 5) is 24.5. The minimum atomic E-state index is -0.745. The van der Waals surface area contributed by atoms with Crippen LogP contribution in [0.1, 0.15) is 17.3 Å². The van der Waals surface area contributed by atoms with Gasteiger partial charge in [0.25, 0.3) is 5.91 Å². The molecule has 0 spiro atoms. The smallest absolute Gasteiger partial charge is 0.329 e. The van der Waals surface area contributed by atoms with Crippen LogP contribution in [0.4, 0.5) is 0 Å². The first kappa shape index (κ1) is 16.5. The Bertz CT molecular complexity index is 659. The van der Waals surface area contributed by atoms with Crippen LogP contribution < -0.4 is 5.32 Å². The number of carbonyl (C=O) groups excluding carboxylic acids is 2. The quantitative estimate of drug-likeness (QED) is 0.632. The second kappa shape index (κ2) is 8.54. The molecule has 2 aromatic rings. The van der Waals surface area contributed by atoms with Crippen molar-refractivity contribution < 1.29 is 15.8 Å². The van der Waals surface area contributed by atoms with Gasteiger partial charge in [-0.1, -0.05) is 61.2 Å². The predicted octanol–water partition coefficient (Wildman–Crippen LogP) is 3.00. The molecule has 23 heavy (non-hydrogen) atoms. The van der Waals surface area contributed by atoms with Gasteiger partial charge in [-0.05, 0) is 17.7 Å². The normalized spacial score (nSPS) is 11.3. The van der Waals surface area contributed by atoms with Crippen molar-refractivity contribution in [2.24, 2.45) is 0 Å². The largest absolute Gasteiger partial charge is 0.460 e. The van der Waals surface area contributed by atoms with E-state index in [0.29, 0.717) is 12.0 Å². The maximum absolute atomic E-state index is 12.3. The van der Waals surface area contributed by atoms with Crippen LogP contribution in [-0.2, 0) is 16.0 Å². The van der Waals surface area contributed by atoms with Gasteiger partial charge in [-0.2, -0.15) is 0 Å². The number of hydrogen-bond donors (Lipinski definition) is 1. The summed E-state index contributed by atoms with van der Waals surface area (Å²) in [7, 11) is 0. The zero-order valence-corrected chi connectivity index (χ0v) is 12.8. The van der Waals surface area contributed by atoms with Crippen LogP contribution in [0.3, 0.4) is 0 Å². The highest BCUT2D eigenvalue weighted by molar-refractivity contribution is 5.96. The van der Waals surface area contributed by atoms with Crippen molar-refractivity contribution in [3.05, 3.63) is 84.4 Å². The molecule has 2 rings (SSSR count). The molecular weight excluding hydrogens is 290 g/mol. The number of carbonyl (C=O) groups is 2. The molecule has 4 heteroatoms. The van der Waals surface area contributed by atoms with E-state index < -0.39 is 12.0 Å². The zero-order valence-electron chi connectivity index (χ0n) is 12.8. The summed E-state index contributed by atoms with van der Waals surface area (Å²) in [5.74, 6) is -0.778. The molecule has 1 amide bonds. The van der Waals surface area contributed by atoms with Gasteiger partial charge in [0.15, 0.2) is 0 Å². The number of rotatable bonds is 7. The Labute approximate surface area is 137 Å². The Kier molecular flexibility index (Phi) is 6.12. The van der Waals surface area contributed by atoms with Crippen LogP contribution in [0.2, 0.25) is 0 Å². The number of nitrogens with one attached hydrogen (secondary N) is 1. The average Bonchev–Trinajstić information content (AvgIpc) is 2.60. The Hall–Kier alpha value is -2.88. The second-order valence-electron chi connectivity index (χ2n) is 5.00. The minimum Gasteiger partial charge on any atom is -0.460 e. The summed E-state index contributed by atoms with van der Waals surface area (Å²) in [6.45, 7) is 3.64. The van der Waals surface area contributed by atoms with Crippen LogP contribution in [-0.4, -0.2) is 24.5 Å². The average molecular weight is 311 g/mol. The zero-order chi connectivity index (χ0) is 16.5. The molecule has 0 aliphatic rings. The lowest BCUT2D eigenvalue weighted by Gasteiger charge is -2.17. The standard InChI is InChI=1S/C19H19NO3.H2/c1-2-13-23-19(22)17(14-15-9-5-3-6-10-15)20-18(21)16-11-7-4-8-12-16;/h2-12,17H,1,13-14H2,(H,20,21);1H/t17-;/m0./s1. The van der Waals surface area contributed by atoms with E-state index in [1.54, 1.807) is 24.3 Å². The maximum atomic E-state index is 12.3. The first-order valence-electron chi connectivity index (χ1n) is 7.38. The lowest BCUT2D eigenvalue weighted by atomic mass is 10.1. The molecule has 0 saturated heterocycles. The summed E-state index contributed by atoms with van der Waals surface area (Å²) >= 11 is 0. The Balaban J connectivity index is 0.00000288. The lowest BCUT2D eigenvalue weighted by molar-refractivity contribution is -0.144. The van der Waals surface area contributed by atoms with E-state index in [-0.39, 0.29) is 13.9 Å². The van der Waals surface area contributed by atoms with Crippen LogP contribution in [0.5, 0.6) is 0 Å². The van der Waals surface area contributed by atoms with Gasteiger partial charge in [0.2, 0.25) is 0 Å². The predicted molar refractivity (Wildman–Crippen MR) is 91.1 cm³/mol. The van der Waals surface area contributed by atoms with Gasteiger partial charge in [-0.15, -0.1) is 0 Å². The third-order valence-electron chi connectivity index (χ3n) is 3.25. The van der Waals surface area contributed by atoms with Crippen molar-refractivity contribution in [2.75, 3.05) is 6.61 Å². The fourth-order valence-corrected chi connectivity index (χ4v) is 2.12. The Morgan fingerprint density at radius 3 is 2.30 bits per heavy atom. The van der Waals surface area contributed by atoms with E-state index >= 15 is 0 Å². The van der Waals surface area contributed by atoms with Crippen molar-refractivity contribution in [2.45, 2.75) is 12.5 Å². The number of amides is 1. The topological polar surface area (TPSA) is 55.4 Å². The number of ether oxygens (including phenoxy) is 1. The van der Waals surface area contributed by atoms with E-state index in [1.165, 1.54) is 6.08 Å². The van der Waals surface area contributed by atoms with Crippen molar-refractivity contribution in [3.63, 3.8) is 0 Å². The molecule has 1 N–H and O–H groups in total. The number of benzene rings is 2. The van der Waals surface area contributed by atoms with Gasteiger partial charge in [-0.25, -0.2) is 4.79 Å². The van der Waals surface area contributed by atoms with Crippen molar-refractivity contribution in [1.82, 2.24) is 5.32 Å². The number of hydrogen-bond acceptors (Lipinski definition) is 3. The lowest BCUT2D eigenvalue weighted by Crippen LogP contribution is -2.43. The molecule has 0 aromatic heterocycles. The SMILES string of the molecule is C=CCOC(=O)[C@H](Cc1ccccc1)NC(=O)c1ccccc1.[HH]. The molecule has 1 atom stereocenters. The van der Waals surface area contributed by atoms with E-state index in [4.69, 9.17) is 4.74 Å². The highest BCUT2D eigenvalue weighted by Crippen LogP contribution is 2.07. The van der Waals surface area contributed by atoms with E-state index in [1.807, 2.05) is 36.4 Å². The fraction of sp³-hybridized carbons (Fsp3) is 0.158. The van der Waals surface area contributed by atoms with E-state index in [0.717, 1.165) is 5.56 Å². The summed E-state index contributed by atoms with van der Waals surface area (Å²) in [6.07, 6.45) is 1.87. The molecule has 0 saturated carbocycles. The molecule has 0 aliphatic carbocycles. The monoisotopic (exact) mass is 311 g/mol. The molecule has 2 aromatic carbocycles. The molecule has 0 heterocycles. The van der Waals surface area contributed by atoms with Gasteiger partial charge in [0.05, 0.1) is 0 Å². The van der Waals surface area contributed by atoms with Crippen LogP contribution >= 0.6 is 0 Å². The molecular formula is C19H21NO3. The molecule has 0 radical (unpaired) electrons. The van der Waals surface area contributed by atoms with Crippen LogP contribution in [0.15, 0.2) is 73.3 Å². The Morgan fingerprint density at radius 2 is 1.70 bits per heavy atom. The summed E-state index contributed by atoms with van der Waals surface area (Å²) in [5.41, 5.74) is 1.45. The first-order chi connectivity index (χ1) is 11.2. The van der Waals surface area contributed by atoms with Crippen molar-refractivity contribution in [1.29, 1.82) is 0 Å². The molecule has 0 fully saturated rings. The third-order valence-corrected chi connectivity index (χ3v) is 3.25. The van der Waals surface area contributed by atoms with Crippen LogP contribution in [0.25, 0.3) is 0 Å². The third kappa shape index (κ3) is 5.11. The minimum absolute atomic E-state index is 0. The second-order valence-corrected chi connectivity index (χ2v) is 5.00. The molecule has 0 aliphatic heterocycles. The highest BCUT2D eigenvalue weighted by Gasteiger charge is 2.23. The maximum Gasteiger partial charge on any atom is 0.329 e. The van der Waals surface area contributed by atoms with Gasteiger partial charge >= 0.3 is 5.97 Å². The molecule has 0 unspecified atom stereocenters. The van der Waals surface area contributed by atoms with Gasteiger partial charge in [-0.3, -0.25) is 4.79 Å². The van der Waals surface area contributed by atoms with Crippen molar-refractivity contribution >= 4 is 11.9 Å². The van der Waals surface area contributed by atoms with E-state index in [2.05, 4.69) is 11.9 Å². The van der Waals surface area contributed by atoms with Crippen LogP contribution in [0, 0.1) is 0 Å². The summed E-state index contributed by atoms with van der Waals surface area (Å²) in [6, 6.07) is 17.5. The molecule has 4 nitrogen and oxygen atoms in total. The van der Waals surface area contributed by atoms with Crippen molar-refractivity contribution in [3.8, 4) is 0 Å². The van der Waals surface area contributed by atoms with E-state index in [9.17, 15) is 9.59 Å². The van der Waals surface area contributed by atoms with Gasteiger partial charge in [0.1, 0.15) is 12.6 Å². The number of esters is 1. The first-order valence-corrected chi connectivity index (χ1v) is 7.38. The van der Waals surface area contributed by atoms with Gasteiger partial charge < -0.3 is 10.1 Å². The highest BCUT2D eigenvalue weighted by atomic mass is 16.5.